The molecule has 11 nitrogen and oxygen atoms in total. The van der Waals surface area contributed by atoms with Crippen molar-refractivity contribution in [1.29, 1.82) is 10.5 Å². The van der Waals surface area contributed by atoms with E-state index in [-0.39, 0.29) is 35.2 Å². The molecule has 0 spiro atoms. The van der Waals surface area contributed by atoms with Crippen molar-refractivity contribution in [3.63, 3.8) is 0 Å². The van der Waals surface area contributed by atoms with Crippen molar-refractivity contribution in [2.75, 3.05) is 37.7 Å². The summed E-state index contributed by atoms with van der Waals surface area (Å²) in [6, 6.07) is 10.7. The second kappa shape index (κ2) is 13.6. The molecule has 2 aliphatic heterocycles. The minimum absolute atomic E-state index is 0.0561. The number of nitriles is 2. The first-order valence-corrected chi connectivity index (χ1v) is 14.8. The Morgan fingerprint density at radius 3 is 2.34 bits per heavy atom. The van der Waals surface area contributed by atoms with Crippen LogP contribution in [0.5, 0.6) is 0 Å². The van der Waals surface area contributed by atoms with E-state index in [0.29, 0.717) is 37.7 Å². The van der Waals surface area contributed by atoms with Crippen LogP contribution in [0.25, 0.3) is 0 Å². The topological polar surface area (TPSA) is 144 Å². The molecule has 5 rings (SSSR count). The van der Waals surface area contributed by atoms with E-state index in [1.807, 2.05) is 12.1 Å². The maximum Gasteiger partial charge on any atom is 0.416 e. The van der Waals surface area contributed by atoms with Gasteiger partial charge in [-0.25, -0.2) is 9.07 Å². The van der Waals surface area contributed by atoms with Gasteiger partial charge in [-0.15, -0.1) is 0 Å². The highest BCUT2D eigenvalue weighted by atomic mass is 19.4. The van der Waals surface area contributed by atoms with E-state index in [1.165, 1.54) is 23.1 Å². The molecule has 3 aromatic rings. The first kappa shape index (κ1) is 33.1. The molecular formula is C32H29F4N7O4. The van der Waals surface area contributed by atoms with Gasteiger partial charge in [-0.1, -0.05) is 18.2 Å². The Morgan fingerprint density at radius 2 is 1.74 bits per heavy atom. The SMILES string of the molecule is CCN1C(=O)[C@@H](NC(=O)c2cccc(C(F)(F)F)c2)[C@@H](c2ccc(F)cc2)c2c(C(=O)N(CC#N)CC#N)nn(C3CCOCC3)c21. The minimum Gasteiger partial charge on any atom is -0.381 e. The number of fused-ring (bicyclic) bond motifs is 1. The number of amides is 3. The number of benzene rings is 2. The number of nitrogens with zero attached hydrogens (tertiary/aromatic N) is 6. The van der Waals surface area contributed by atoms with Crippen LogP contribution >= 0.6 is 0 Å². The monoisotopic (exact) mass is 651 g/mol. The zero-order valence-electron chi connectivity index (χ0n) is 25.1. The molecule has 2 atom stereocenters. The molecule has 1 fully saturated rings. The molecule has 1 aromatic heterocycles. The third-order valence-corrected chi connectivity index (χ3v) is 8.19. The predicted molar refractivity (Wildman–Crippen MR) is 157 cm³/mol. The van der Waals surface area contributed by atoms with Gasteiger partial charge < -0.3 is 15.0 Å². The lowest BCUT2D eigenvalue weighted by Crippen LogP contribution is -2.56. The van der Waals surface area contributed by atoms with E-state index < -0.39 is 60.3 Å². The van der Waals surface area contributed by atoms with Gasteiger partial charge in [0, 0.05) is 36.8 Å². The number of nitrogens with one attached hydrogen (secondary N) is 1. The number of carbonyl (C=O) groups excluding carboxylic acids is 3. The third-order valence-electron chi connectivity index (χ3n) is 8.19. The Hall–Kier alpha value is -5.28. The van der Waals surface area contributed by atoms with E-state index in [9.17, 15) is 42.5 Å². The second-order valence-corrected chi connectivity index (χ2v) is 11.0. The van der Waals surface area contributed by atoms with Crippen LogP contribution in [-0.4, -0.2) is 71.3 Å². The predicted octanol–water partition coefficient (Wildman–Crippen LogP) is 4.18. The second-order valence-electron chi connectivity index (χ2n) is 11.0. The Kier molecular flexibility index (Phi) is 9.58. The molecule has 0 unspecified atom stereocenters. The first-order chi connectivity index (χ1) is 22.5. The highest BCUT2D eigenvalue weighted by molar-refractivity contribution is 6.07. The molecule has 47 heavy (non-hydrogen) atoms. The minimum atomic E-state index is -4.73. The number of hydrogen-bond acceptors (Lipinski definition) is 7. The van der Waals surface area contributed by atoms with Crippen LogP contribution in [0.15, 0.2) is 48.5 Å². The van der Waals surface area contributed by atoms with Gasteiger partial charge in [0.2, 0.25) is 0 Å². The van der Waals surface area contributed by atoms with Crippen molar-refractivity contribution in [2.45, 2.75) is 43.9 Å². The summed E-state index contributed by atoms with van der Waals surface area (Å²) in [6.45, 7) is 1.60. The number of hydrogen-bond donors (Lipinski definition) is 1. The summed E-state index contributed by atoms with van der Waals surface area (Å²) in [7, 11) is 0. The van der Waals surface area contributed by atoms with E-state index >= 15 is 0 Å². The molecule has 244 valence electrons. The number of halogens is 4. The van der Waals surface area contributed by atoms with Gasteiger partial charge in [0.05, 0.1) is 23.7 Å². The average Bonchev–Trinajstić information content (AvgIpc) is 3.45. The number of anilines is 1. The molecule has 0 saturated carbocycles. The van der Waals surface area contributed by atoms with Crippen LogP contribution in [0.4, 0.5) is 23.4 Å². The van der Waals surface area contributed by atoms with Crippen LogP contribution < -0.4 is 10.2 Å². The number of ether oxygens (including phenoxy) is 1. The van der Waals surface area contributed by atoms with Crippen molar-refractivity contribution in [1.82, 2.24) is 20.0 Å². The zero-order valence-corrected chi connectivity index (χ0v) is 25.1. The number of carbonyl (C=O) groups is 3. The van der Waals surface area contributed by atoms with E-state index in [4.69, 9.17) is 4.74 Å². The fraction of sp³-hybridized carbons (Fsp3) is 0.375. The number of alkyl halides is 3. The summed E-state index contributed by atoms with van der Waals surface area (Å²) >= 11 is 0. The molecule has 15 heteroatoms. The highest BCUT2D eigenvalue weighted by Gasteiger charge is 2.48. The lowest BCUT2D eigenvalue weighted by atomic mass is 9.80. The number of rotatable bonds is 8. The van der Waals surface area contributed by atoms with Gasteiger partial charge in [0.1, 0.15) is 30.8 Å². The van der Waals surface area contributed by atoms with Crippen LogP contribution in [0, 0.1) is 28.5 Å². The molecule has 1 N–H and O–H groups in total. The van der Waals surface area contributed by atoms with Crippen LogP contribution in [0.3, 0.4) is 0 Å². The maximum absolute atomic E-state index is 14.3. The largest absolute Gasteiger partial charge is 0.416 e. The van der Waals surface area contributed by atoms with Crippen molar-refractivity contribution in [3.8, 4) is 12.1 Å². The third kappa shape index (κ3) is 6.53. The van der Waals surface area contributed by atoms with Crippen LogP contribution in [0.1, 0.15) is 69.3 Å². The molecule has 2 aromatic carbocycles. The molecule has 3 amide bonds. The van der Waals surface area contributed by atoms with Gasteiger partial charge in [-0.2, -0.15) is 28.8 Å². The van der Waals surface area contributed by atoms with Gasteiger partial charge in [-0.3, -0.25) is 19.3 Å². The Labute approximate surface area is 266 Å². The van der Waals surface area contributed by atoms with E-state index in [1.54, 1.807) is 11.6 Å². The van der Waals surface area contributed by atoms with Gasteiger partial charge >= 0.3 is 6.18 Å². The lowest BCUT2D eigenvalue weighted by molar-refractivity contribution is -0.137. The summed E-state index contributed by atoms with van der Waals surface area (Å²) in [4.78, 5) is 44.2. The average molecular weight is 652 g/mol. The fourth-order valence-corrected chi connectivity index (χ4v) is 5.98. The Bertz CT molecular complexity index is 1740. The van der Waals surface area contributed by atoms with Gasteiger partial charge in [0.25, 0.3) is 17.7 Å². The quantitative estimate of drug-likeness (QED) is 0.284. The summed E-state index contributed by atoms with van der Waals surface area (Å²) in [5.74, 6) is -3.92. The fourth-order valence-electron chi connectivity index (χ4n) is 5.98. The van der Waals surface area contributed by atoms with Crippen molar-refractivity contribution in [3.05, 3.63) is 82.3 Å². The molecule has 0 bridgehead atoms. The number of likely N-dealkylation sites (N-methyl/N-ethyl adjacent to an activating group) is 1. The Morgan fingerprint density at radius 1 is 1.09 bits per heavy atom. The highest BCUT2D eigenvalue weighted by Crippen LogP contribution is 2.45. The summed E-state index contributed by atoms with van der Waals surface area (Å²) in [5.41, 5.74) is -1.12. The summed E-state index contributed by atoms with van der Waals surface area (Å²) in [5, 5.41) is 26.1. The van der Waals surface area contributed by atoms with Crippen molar-refractivity contribution >= 4 is 23.5 Å². The molecule has 3 heterocycles. The molecular weight excluding hydrogens is 622 g/mol. The normalized spacial score (nSPS) is 18.2. The number of aromatic nitrogens is 2. The summed E-state index contributed by atoms with van der Waals surface area (Å²) < 4.78 is 61.6. The van der Waals surface area contributed by atoms with Crippen LogP contribution in [-0.2, 0) is 15.7 Å². The first-order valence-electron chi connectivity index (χ1n) is 14.8. The molecule has 0 radical (unpaired) electrons. The Balaban J connectivity index is 1.73. The maximum atomic E-state index is 14.3. The van der Waals surface area contributed by atoms with Crippen molar-refractivity contribution in [2.24, 2.45) is 0 Å². The van der Waals surface area contributed by atoms with E-state index in [2.05, 4.69) is 10.4 Å². The van der Waals surface area contributed by atoms with Gasteiger partial charge in [-0.05, 0) is 55.7 Å². The standard InChI is InChI=1S/C32H29F4N7O4/c1-2-42-29-25(27(30(45)41(14-12-37)15-13-38)40-43(29)23-10-16-47-17-11-23)24(19-6-8-22(33)9-7-19)26(31(42)46)39-28(44)20-4-3-5-21(18-20)32(34,35)36/h3-9,18,23-24,26H,2,10-11,14-17H2,1H3,(H,39,44)/t24-,26-/m0/s1. The van der Waals surface area contributed by atoms with Crippen LogP contribution in [0.2, 0.25) is 0 Å². The van der Waals surface area contributed by atoms with Gasteiger partial charge in [0.15, 0.2) is 5.69 Å². The molecule has 2 aliphatic rings. The molecule has 1 saturated heterocycles. The van der Waals surface area contributed by atoms with Crippen molar-refractivity contribution < 1.29 is 36.7 Å². The van der Waals surface area contributed by atoms with E-state index in [0.717, 1.165) is 29.2 Å². The molecule has 0 aliphatic carbocycles. The zero-order chi connectivity index (χ0) is 33.9. The smallest absolute Gasteiger partial charge is 0.381 e. The lowest BCUT2D eigenvalue weighted by Gasteiger charge is -2.39. The summed E-state index contributed by atoms with van der Waals surface area (Å²) in [6.07, 6.45) is -3.75.